The number of quaternary nitrogens is 1. The molecule has 2 aromatic carbocycles. The highest BCUT2D eigenvalue weighted by Gasteiger charge is 2.30. The van der Waals surface area contributed by atoms with Gasteiger partial charge in [-0.15, -0.1) is 0 Å². The van der Waals surface area contributed by atoms with E-state index < -0.39 is 5.82 Å². The highest BCUT2D eigenvalue weighted by molar-refractivity contribution is 6.31. The Kier molecular flexibility index (Phi) is 6.15. The minimum Gasteiger partial charge on any atom is -0.381 e. The molecule has 1 N–H and O–H groups in total. The molecule has 1 amide bonds. The van der Waals surface area contributed by atoms with Gasteiger partial charge in [0.15, 0.2) is 0 Å². The summed E-state index contributed by atoms with van der Waals surface area (Å²) >= 11 is 5.74. The maximum absolute atomic E-state index is 13.2. The molecule has 4 nitrogen and oxygen atoms in total. The molecule has 1 aliphatic heterocycles. The van der Waals surface area contributed by atoms with Crippen molar-refractivity contribution in [2.24, 2.45) is 0 Å². The van der Waals surface area contributed by atoms with E-state index in [9.17, 15) is 9.18 Å². The Morgan fingerprint density at radius 2 is 1.85 bits per heavy atom. The molecular formula is C21H25ClFN2O2+. The summed E-state index contributed by atoms with van der Waals surface area (Å²) in [5, 5.41) is 2.75. The predicted octanol–water partition coefficient (Wildman–Crippen LogP) is 4.49. The Bertz CT molecular complexity index is 802. The maximum atomic E-state index is 13.2. The van der Waals surface area contributed by atoms with Crippen LogP contribution in [0, 0.1) is 5.82 Å². The number of benzene rings is 2. The van der Waals surface area contributed by atoms with Crippen LogP contribution in [0.2, 0.25) is 5.02 Å². The number of amides is 1. The molecule has 0 unspecified atom stereocenters. The van der Waals surface area contributed by atoms with Crippen LogP contribution < -0.4 is 5.32 Å². The van der Waals surface area contributed by atoms with Gasteiger partial charge >= 0.3 is 0 Å². The highest BCUT2D eigenvalue weighted by Crippen LogP contribution is 2.23. The second-order valence-corrected chi connectivity index (χ2v) is 7.97. The second-order valence-electron chi connectivity index (χ2n) is 7.56. The molecular weight excluding hydrogens is 367 g/mol. The van der Waals surface area contributed by atoms with E-state index in [1.165, 1.54) is 23.8 Å². The van der Waals surface area contributed by atoms with Crippen LogP contribution in [0.25, 0.3) is 0 Å². The van der Waals surface area contributed by atoms with Gasteiger partial charge in [-0.2, -0.15) is 0 Å². The van der Waals surface area contributed by atoms with Crippen LogP contribution in [0.5, 0.6) is 0 Å². The van der Waals surface area contributed by atoms with Crippen molar-refractivity contribution in [2.75, 3.05) is 32.6 Å². The summed E-state index contributed by atoms with van der Waals surface area (Å²) in [5.41, 5.74) is 2.23. The summed E-state index contributed by atoms with van der Waals surface area (Å²) in [6.45, 7) is 2.60. The lowest BCUT2D eigenvalue weighted by atomic mass is 10.0. The fourth-order valence-corrected chi connectivity index (χ4v) is 3.70. The van der Waals surface area contributed by atoms with E-state index in [0.717, 1.165) is 37.1 Å². The van der Waals surface area contributed by atoms with Crippen LogP contribution in [0.1, 0.15) is 28.8 Å². The van der Waals surface area contributed by atoms with Gasteiger partial charge in [0.05, 0.1) is 38.4 Å². The van der Waals surface area contributed by atoms with Gasteiger partial charge in [0.2, 0.25) is 0 Å². The molecule has 0 aromatic heterocycles. The van der Waals surface area contributed by atoms with Crippen molar-refractivity contribution in [3.05, 3.63) is 64.4 Å². The van der Waals surface area contributed by atoms with E-state index in [2.05, 4.69) is 19.4 Å². The molecule has 144 valence electrons. The average molecular weight is 392 g/mol. The van der Waals surface area contributed by atoms with Crippen molar-refractivity contribution in [1.29, 1.82) is 0 Å². The minimum absolute atomic E-state index is 0.0638. The van der Waals surface area contributed by atoms with Crippen molar-refractivity contribution in [2.45, 2.75) is 25.4 Å². The van der Waals surface area contributed by atoms with E-state index in [0.29, 0.717) is 17.3 Å². The lowest BCUT2D eigenvalue weighted by molar-refractivity contribution is -0.929. The van der Waals surface area contributed by atoms with Crippen LogP contribution in [0.4, 0.5) is 10.1 Å². The Morgan fingerprint density at radius 3 is 2.48 bits per heavy atom. The Hall–Kier alpha value is -1.95. The fraction of sp³-hybridized carbons (Fsp3) is 0.381. The number of hydrogen-bond donors (Lipinski definition) is 1. The Balaban J connectivity index is 1.62. The number of anilines is 1. The summed E-state index contributed by atoms with van der Waals surface area (Å²) in [6.07, 6.45) is 2.17. The third kappa shape index (κ3) is 5.06. The summed E-state index contributed by atoms with van der Waals surface area (Å²) in [6, 6.07) is 12.4. The number of nitrogens with one attached hydrogen (secondary N) is 1. The smallest absolute Gasteiger partial charge is 0.255 e. The highest BCUT2D eigenvalue weighted by atomic mass is 35.5. The van der Waals surface area contributed by atoms with E-state index in [4.69, 9.17) is 16.3 Å². The molecule has 1 heterocycles. The second kappa shape index (κ2) is 8.38. The molecule has 1 saturated heterocycles. The van der Waals surface area contributed by atoms with Crippen LogP contribution >= 0.6 is 11.6 Å². The van der Waals surface area contributed by atoms with Crippen molar-refractivity contribution >= 4 is 23.2 Å². The molecule has 27 heavy (non-hydrogen) atoms. The number of rotatable bonds is 5. The number of nitrogens with zero attached hydrogens (tertiary/aromatic N) is 1. The summed E-state index contributed by atoms with van der Waals surface area (Å²) < 4.78 is 19.6. The summed E-state index contributed by atoms with van der Waals surface area (Å²) in [7, 11) is 4.51. The van der Waals surface area contributed by atoms with Crippen molar-refractivity contribution in [1.82, 2.24) is 0 Å². The van der Waals surface area contributed by atoms with Crippen LogP contribution in [-0.4, -0.2) is 43.7 Å². The fourth-order valence-electron chi connectivity index (χ4n) is 3.52. The van der Waals surface area contributed by atoms with Gasteiger partial charge in [-0.25, -0.2) is 4.39 Å². The largest absolute Gasteiger partial charge is 0.381 e. The van der Waals surface area contributed by atoms with Gasteiger partial charge in [-0.3, -0.25) is 4.79 Å². The van der Waals surface area contributed by atoms with Gasteiger partial charge in [-0.1, -0.05) is 23.7 Å². The molecule has 0 aliphatic carbocycles. The monoisotopic (exact) mass is 391 g/mol. The first kappa shape index (κ1) is 19.8. The molecule has 0 atom stereocenters. The molecule has 0 saturated carbocycles. The summed E-state index contributed by atoms with van der Waals surface area (Å²) in [4.78, 5) is 12.3. The maximum Gasteiger partial charge on any atom is 0.255 e. The Labute approximate surface area is 164 Å². The zero-order chi connectivity index (χ0) is 19.4. The Morgan fingerprint density at radius 1 is 1.19 bits per heavy atom. The number of ether oxygens (including phenoxy) is 1. The first-order valence-corrected chi connectivity index (χ1v) is 9.49. The molecule has 1 fully saturated rings. The zero-order valence-corrected chi connectivity index (χ0v) is 16.4. The van der Waals surface area contributed by atoms with Gasteiger partial charge < -0.3 is 14.5 Å². The zero-order valence-electron chi connectivity index (χ0n) is 15.7. The SMILES string of the molecule is C[N+](C)(Cc1ccc(NC(=O)c2ccc(F)c(Cl)c2)cc1)C1CCOCC1. The third-order valence-electron chi connectivity index (χ3n) is 5.16. The lowest BCUT2D eigenvalue weighted by Gasteiger charge is -2.40. The molecule has 2 aromatic rings. The van der Waals surface area contributed by atoms with Gasteiger partial charge in [0, 0.05) is 29.7 Å². The minimum atomic E-state index is -0.539. The van der Waals surface area contributed by atoms with Crippen molar-refractivity contribution in [3.63, 3.8) is 0 Å². The van der Waals surface area contributed by atoms with E-state index in [-0.39, 0.29) is 10.9 Å². The quantitative estimate of drug-likeness (QED) is 0.763. The normalized spacial score (nSPS) is 15.6. The van der Waals surface area contributed by atoms with Gasteiger partial charge in [0.25, 0.3) is 5.91 Å². The number of hydrogen-bond acceptors (Lipinski definition) is 2. The van der Waals surface area contributed by atoms with E-state index in [1.54, 1.807) is 0 Å². The van der Waals surface area contributed by atoms with Crippen molar-refractivity contribution in [3.8, 4) is 0 Å². The van der Waals surface area contributed by atoms with Crippen LogP contribution in [0.15, 0.2) is 42.5 Å². The molecule has 0 spiro atoms. The van der Waals surface area contributed by atoms with E-state index in [1.807, 2.05) is 24.3 Å². The van der Waals surface area contributed by atoms with Gasteiger partial charge in [-0.05, 0) is 30.3 Å². The first-order chi connectivity index (χ1) is 12.8. The number of carbonyl (C=O) groups is 1. The first-order valence-electron chi connectivity index (χ1n) is 9.11. The van der Waals surface area contributed by atoms with Gasteiger partial charge in [0.1, 0.15) is 12.4 Å². The van der Waals surface area contributed by atoms with E-state index >= 15 is 0 Å². The standard InChI is InChI=1S/C21H24ClFN2O2/c1-25(2,18-9-11-27-12-10-18)14-15-3-6-17(7-4-15)24-21(26)16-5-8-20(23)19(22)13-16/h3-8,13,18H,9-12,14H2,1-2H3/p+1. The lowest BCUT2D eigenvalue weighted by Crippen LogP contribution is -2.50. The third-order valence-corrected chi connectivity index (χ3v) is 5.45. The molecule has 1 aliphatic rings. The molecule has 0 radical (unpaired) electrons. The van der Waals surface area contributed by atoms with Crippen LogP contribution in [-0.2, 0) is 11.3 Å². The average Bonchev–Trinajstić information content (AvgIpc) is 2.66. The number of halogens is 2. The summed E-state index contributed by atoms with van der Waals surface area (Å²) in [5.74, 6) is -0.856. The molecule has 0 bridgehead atoms. The van der Waals surface area contributed by atoms with Crippen LogP contribution in [0.3, 0.4) is 0 Å². The number of carbonyl (C=O) groups excluding carboxylic acids is 1. The molecule has 3 rings (SSSR count). The predicted molar refractivity (Wildman–Crippen MR) is 105 cm³/mol. The van der Waals surface area contributed by atoms with Crippen molar-refractivity contribution < 1.29 is 18.4 Å². The molecule has 6 heteroatoms. The topological polar surface area (TPSA) is 38.3 Å².